The first-order chi connectivity index (χ1) is 9.74. The molecule has 0 fully saturated rings. The van der Waals surface area contributed by atoms with Gasteiger partial charge in [0.05, 0.1) is 21.3 Å². The molecule has 0 aliphatic carbocycles. The van der Waals surface area contributed by atoms with Crippen LogP contribution in [0.1, 0.15) is 10.0 Å². The molecule has 0 aromatic carbocycles. The highest BCUT2D eigenvalue weighted by atomic mass is 32.1. The van der Waals surface area contributed by atoms with Crippen LogP contribution < -0.4 is 11.1 Å². The summed E-state index contributed by atoms with van der Waals surface area (Å²) in [5, 5.41) is 10.5. The summed E-state index contributed by atoms with van der Waals surface area (Å²) in [6.07, 6.45) is 2.72. The van der Waals surface area contributed by atoms with Gasteiger partial charge in [-0.3, -0.25) is 0 Å². The van der Waals surface area contributed by atoms with Crippen molar-refractivity contribution in [3.63, 3.8) is 0 Å². The molecule has 0 aliphatic rings. The van der Waals surface area contributed by atoms with Crippen molar-refractivity contribution in [1.29, 1.82) is 0 Å². The second-order valence-corrected chi connectivity index (χ2v) is 6.94. The van der Waals surface area contributed by atoms with Gasteiger partial charge in [-0.1, -0.05) is 0 Å². The van der Waals surface area contributed by atoms with E-state index < -0.39 is 0 Å². The van der Waals surface area contributed by atoms with Crippen molar-refractivity contribution in [3.05, 3.63) is 27.0 Å². The van der Waals surface area contributed by atoms with E-state index in [9.17, 15) is 0 Å². The van der Waals surface area contributed by atoms with Gasteiger partial charge in [0.15, 0.2) is 0 Å². The molecule has 3 rings (SSSR count). The van der Waals surface area contributed by atoms with Crippen molar-refractivity contribution >= 4 is 45.0 Å². The number of anilines is 2. The number of thiazole rings is 2. The highest BCUT2D eigenvalue weighted by Gasteiger charge is 2.15. The molecular weight excluding hydrogens is 310 g/mol. The van der Waals surface area contributed by atoms with Gasteiger partial charge in [-0.2, -0.15) is 4.37 Å². The van der Waals surface area contributed by atoms with Crippen molar-refractivity contribution in [3.8, 4) is 11.3 Å². The number of nitrogens with one attached hydrogen (secondary N) is 1. The van der Waals surface area contributed by atoms with Crippen LogP contribution in [0.4, 0.5) is 10.8 Å². The maximum atomic E-state index is 5.96. The van der Waals surface area contributed by atoms with Crippen LogP contribution in [0.2, 0.25) is 0 Å². The summed E-state index contributed by atoms with van der Waals surface area (Å²) in [6, 6.07) is 0. The molecule has 3 aromatic rings. The summed E-state index contributed by atoms with van der Waals surface area (Å²) in [4.78, 5) is 8.75. The maximum Gasteiger partial charge on any atom is 0.148 e. The van der Waals surface area contributed by atoms with Crippen LogP contribution in [0.3, 0.4) is 0 Å². The Bertz CT molecular complexity index is 686. The van der Waals surface area contributed by atoms with E-state index in [0.717, 1.165) is 39.2 Å². The zero-order chi connectivity index (χ0) is 13.9. The third-order valence-corrected chi connectivity index (χ3v) is 5.13. The minimum Gasteiger partial charge on any atom is -0.382 e. The van der Waals surface area contributed by atoms with Crippen molar-refractivity contribution in [2.75, 3.05) is 17.6 Å². The van der Waals surface area contributed by atoms with E-state index in [2.05, 4.69) is 19.7 Å². The Morgan fingerprint density at radius 3 is 2.95 bits per heavy atom. The van der Waals surface area contributed by atoms with E-state index in [1.807, 2.05) is 23.9 Å². The molecule has 0 bridgehead atoms. The summed E-state index contributed by atoms with van der Waals surface area (Å²) in [6.45, 7) is 2.80. The standard InChI is InChI=1S/C12H13N5S3/c1-7-16-8(6-19-7)10-11(13)17-20-12(10)15-3-2-9-14-4-5-18-9/h4-6,15H,2-3H2,1H3,(H2,13,17). The Morgan fingerprint density at radius 2 is 2.25 bits per heavy atom. The third-order valence-electron chi connectivity index (χ3n) is 2.70. The van der Waals surface area contributed by atoms with E-state index in [1.165, 1.54) is 11.5 Å². The Labute approximate surface area is 128 Å². The molecule has 0 saturated carbocycles. The highest BCUT2D eigenvalue weighted by molar-refractivity contribution is 7.11. The average Bonchev–Trinajstić information content (AvgIpc) is 3.12. The molecule has 3 aromatic heterocycles. The summed E-state index contributed by atoms with van der Waals surface area (Å²) in [5.74, 6) is 0.539. The lowest BCUT2D eigenvalue weighted by molar-refractivity contribution is 1.00. The second kappa shape index (κ2) is 5.86. The smallest absolute Gasteiger partial charge is 0.148 e. The topological polar surface area (TPSA) is 76.7 Å². The van der Waals surface area contributed by atoms with Crippen LogP contribution >= 0.6 is 34.2 Å². The van der Waals surface area contributed by atoms with E-state index in [-0.39, 0.29) is 0 Å². The SMILES string of the molecule is Cc1nc(-c2c(N)nsc2NCCc2nccs2)cs1. The summed E-state index contributed by atoms with van der Waals surface area (Å²) in [7, 11) is 0. The quantitative estimate of drug-likeness (QED) is 0.753. The monoisotopic (exact) mass is 323 g/mol. The van der Waals surface area contributed by atoms with Gasteiger partial charge in [0.2, 0.25) is 0 Å². The summed E-state index contributed by atoms with van der Waals surface area (Å²) in [5.41, 5.74) is 7.78. The van der Waals surface area contributed by atoms with Gasteiger partial charge in [0.1, 0.15) is 10.8 Å². The van der Waals surface area contributed by atoms with E-state index in [1.54, 1.807) is 22.7 Å². The Hall–Kier alpha value is -1.51. The van der Waals surface area contributed by atoms with Crippen LogP contribution in [-0.4, -0.2) is 20.9 Å². The Balaban J connectivity index is 1.74. The van der Waals surface area contributed by atoms with Crippen molar-refractivity contribution in [2.45, 2.75) is 13.3 Å². The highest BCUT2D eigenvalue weighted by Crippen LogP contribution is 2.36. The van der Waals surface area contributed by atoms with E-state index in [4.69, 9.17) is 5.73 Å². The molecule has 20 heavy (non-hydrogen) atoms. The van der Waals surface area contributed by atoms with Crippen LogP contribution in [0.15, 0.2) is 17.0 Å². The molecule has 104 valence electrons. The van der Waals surface area contributed by atoms with Crippen molar-refractivity contribution < 1.29 is 0 Å². The van der Waals surface area contributed by atoms with Gasteiger partial charge in [-0.05, 0) is 18.5 Å². The lowest BCUT2D eigenvalue weighted by Gasteiger charge is -2.04. The van der Waals surface area contributed by atoms with Gasteiger partial charge >= 0.3 is 0 Å². The number of hydrogen-bond donors (Lipinski definition) is 2. The fourth-order valence-electron chi connectivity index (χ4n) is 1.81. The van der Waals surface area contributed by atoms with Gasteiger partial charge in [-0.25, -0.2) is 9.97 Å². The number of rotatable bonds is 5. The average molecular weight is 323 g/mol. The third kappa shape index (κ3) is 2.82. The molecule has 0 saturated heterocycles. The molecule has 5 nitrogen and oxygen atoms in total. The van der Waals surface area contributed by atoms with Crippen molar-refractivity contribution in [1.82, 2.24) is 14.3 Å². The minimum atomic E-state index is 0.539. The lowest BCUT2D eigenvalue weighted by atomic mass is 10.2. The van der Waals surface area contributed by atoms with Gasteiger partial charge in [-0.15, -0.1) is 22.7 Å². The normalized spacial score (nSPS) is 10.8. The van der Waals surface area contributed by atoms with Crippen LogP contribution in [0.5, 0.6) is 0 Å². The summed E-state index contributed by atoms with van der Waals surface area (Å²) >= 11 is 4.66. The molecule has 3 heterocycles. The number of nitrogen functional groups attached to an aromatic ring is 1. The van der Waals surface area contributed by atoms with E-state index in [0.29, 0.717) is 5.82 Å². The number of nitrogens with two attached hydrogens (primary N) is 1. The molecule has 0 spiro atoms. The maximum absolute atomic E-state index is 5.96. The van der Waals surface area contributed by atoms with Gasteiger partial charge in [0.25, 0.3) is 0 Å². The summed E-state index contributed by atoms with van der Waals surface area (Å²) < 4.78 is 4.23. The fraction of sp³-hybridized carbons (Fsp3) is 0.250. The first kappa shape index (κ1) is 13.5. The largest absolute Gasteiger partial charge is 0.382 e. The lowest BCUT2D eigenvalue weighted by Crippen LogP contribution is -2.04. The van der Waals surface area contributed by atoms with Gasteiger partial charge < -0.3 is 11.1 Å². The zero-order valence-corrected chi connectivity index (χ0v) is 13.2. The molecular formula is C12H13N5S3. The Kier molecular flexibility index (Phi) is 3.95. The minimum absolute atomic E-state index is 0.539. The molecule has 0 amide bonds. The van der Waals surface area contributed by atoms with Crippen LogP contribution in [0, 0.1) is 6.92 Å². The predicted molar refractivity (Wildman–Crippen MR) is 86.7 cm³/mol. The van der Waals surface area contributed by atoms with Crippen molar-refractivity contribution in [2.24, 2.45) is 0 Å². The van der Waals surface area contributed by atoms with Gasteiger partial charge in [0, 0.05) is 29.9 Å². The second-order valence-electron chi connectivity index (χ2n) is 4.13. The molecule has 0 unspecified atom stereocenters. The number of aromatic nitrogens is 3. The predicted octanol–water partition coefficient (Wildman–Crippen LogP) is 3.27. The number of aryl methyl sites for hydroxylation is 1. The fourth-order valence-corrected chi connectivity index (χ4v) is 3.78. The number of nitrogens with zero attached hydrogens (tertiary/aromatic N) is 3. The molecule has 0 aliphatic heterocycles. The van der Waals surface area contributed by atoms with Crippen LogP contribution in [-0.2, 0) is 6.42 Å². The zero-order valence-electron chi connectivity index (χ0n) is 10.8. The molecule has 3 N–H and O–H groups in total. The Morgan fingerprint density at radius 1 is 1.35 bits per heavy atom. The molecule has 0 atom stereocenters. The molecule has 0 radical (unpaired) electrons. The first-order valence-corrected chi connectivity index (χ1v) is 8.57. The number of hydrogen-bond acceptors (Lipinski definition) is 8. The molecule has 8 heteroatoms. The van der Waals surface area contributed by atoms with Crippen LogP contribution in [0.25, 0.3) is 11.3 Å². The van der Waals surface area contributed by atoms with E-state index >= 15 is 0 Å². The first-order valence-electron chi connectivity index (χ1n) is 6.04.